The Morgan fingerprint density at radius 3 is 2.56 bits per heavy atom. The van der Waals surface area contributed by atoms with Gasteiger partial charge in [0.2, 0.25) is 0 Å². The van der Waals surface area contributed by atoms with Crippen molar-refractivity contribution in [3.8, 4) is 5.75 Å². The minimum atomic E-state index is -0.341. The second-order valence-electron chi connectivity index (χ2n) is 5.76. The highest BCUT2D eigenvalue weighted by atomic mass is 79.9. The molecule has 25 heavy (non-hydrogen) atoms. The first-order chi connectivity index (χ1) is 11.8. The molecule has 2 rings (SSSR count). The van der Waals surface area contributed by atoms with E-state index in [0.717, 1.165) is 10.2 Å². The van der Waals surface area contributed by atoms with E-state index in [0.29, 0.717) is 28.9 Å². The number of carbonyl (C=O) groups excluding carboxylic acids is 1. The Morgan fingerprint density at radius 1 is 1.24 bits per heavy atom. The third-order valence-electron chi connectivity index (χ3n) is 3.09. The number of anilines is 1. The monoisotopic (exact) mass is 440 g/mol. The van der Waals surface area contributed by atoms with E-state index in [4.69, 9.17) is 28.6 Å². The quantitative estimate of drug-likeness (QED) is 0.621. The van der Waals surface area contributed by atoms with E-state index in [9.17, 15) is 4.79 Å². The van der Waals surface area contributed by atoms with Gasteiger partial charge in [0.1, 0.15) is 5.75 Å². The number of halogens is 2. The lowest BCUT2D eigenvalue weighted by Crippen LogP contribution is -2.34. The minimum Gasteiger partial charge on any atom is -0.492 e. The van der Waals surface area contributed by atoms with Gasteiger partial charge in [0.05, 0.1) is 12.2 Å². The molecule has 0 bridgehead atoms. The fourth-order valence-corrected chi connectivity index (χ4v) is 2.63. The Bertz CT molecular complexity index is 766. The van der Waals surface area contributed by atoms with Crippen molar-refractivity contribution >= 4 is 56.5 Å². The smallest absolute Gasteiger partial charge is 0.261 e. The maximum atomic E-state index is 12.6. The van der Waals surface area contributed by atoms with Gasteiger partial charge < -0.3 is 10.1 Å². The van der Waals surface area contributed by atoms with E-state index < -0.39 is 0 Å². The van der Waals surface area contributed by atoms with Crippen molar-refractivity contribution in [1.29, 1.82) is 0 Å². The Balaban J connectivity index is 2.07. The molecule has 0 radical (unpaired) electrons. The molecule has 2 N–H and O–H groups in total. The summed E-state index contributed by atoms with van der Waals surface area (Å²) in [7, 11) is 0. The van der Waals surface area contributed by atoms with Gasteiger partial charge in [-0.05, 0) is 60.6 Å². The first-order valence-corrected chi connectivity index (χ1v) is 9.23. The molecular formula is C18H18BrClN2O2S. The van der Waals surface area contributed by atoms with Crippen LogP contribution in [-0.2, 0) is 0 Å². The molecule has 0 saturated heterocycles. The molecule has 2 aromatic rings. The van der Waals surface area contributed by atoms with Crippen molar-refractivity contribution < 1.29 is 9.53 Å². The van der Waals surface area contributed by atoms with Gasteiger partial charge >= 0.3 is 0 Å². The zero-order valence-corrected chi connectivity index (χ0v) is 17.0. The van der Waals surface area contributed by atoms with Crippen LogP contribution in [0.4, 0.5) is 5.69 Å². The summed E-state index contributed by atoms with van der Waals surface area (Å²) in [5.74, 6) is 0.530. The fraction of sp³-hybridized carbons (Fsp3) is 0.222. The molecule has 2 aromatic carbocycles. The number of hydrogen-bond donors (Lipinski definition) is 2. The van der Waals surface area contributed by atoms with Crippen LogP contribution in [0.1, 0.15) is 24.2 Å². The number of rotatable bonds is 5. The summed E-state index contributed by atoms with van der Waals surface area (Å²) in [6, 6.07) is 12.3. The fourth-order valence-electron chi connectivity index (χ4n) is 1.93. The number of carbonyl (C=O) groups is 1. The van der Waals surface area contributed by atoms with Gasteiger partial charge in [-0.3, -0.25) is 10.1 Å². The molecule has 0 unspecified atom stereocenters. The number of nitrogens with one attached hydrogen (secondary N) is 2. The molecule has 0 aliphatic carbocycles. The molecule has 0 aliphatic heterocycles. The molecule has 0 fully saturated rings. The van der Waals surface area contributed by atoms with Crippen LogP contribution in [0.15, 0.2) is 46.9 Å². The molecule has 0 aliphatic rings. The van der Waals surface area contributed by atoms with E-state index in [-0.39, 0.29) is 11.0 Å². The maximum Gasteiger partial charge on any atom is 0.261 e. The van der Waals surface area contributed by atoms with Crippen LogP contribution >= 0.6 is 39.7 Å². The molecule has 0 heterocycles. The minimum absolute atomic E-state index is 0.196. The highest BCUT2D eigenvalue weighted by Crippen LogP contribution is 2.24. The molecule has 0 aromatic heterocycles. The van der Waals surface area contributed by atoms with Gasteiger partial charge in [-0.1, -0.05) is 41.4 Å². The van der Waals surface area contributed by atoms with Gasteiger partial charge in [0.15, 0.2) is 5.11 Å². The first kappa shape index (κ1) is 19.7. The third kappa shape index (κ3) is 6.30. The molecule has 0 atom stereocenters. The average Bonchev–Trinajstić information content (AvgIpc) is 2.55. The van der Waals surface area contributed by atoms with Crippen LogP contribution in [0.5, 0.6) is 5.75 Å². The summed E-state index contributed by atoms with van der Waals surface area (Å²) >= 11 is 14.4. The highest BCUT2D eigenvalue weighted by molar-refractivity contribution is 9.10. The molecule has 0 spiro atoms. The Hall–Kier alpha value is -1.63. The molecule has 0 saturated carbocycles. The second-order valence-corrected chi connectivity index (χ2v) is 7.52. The van der Waals surface area contributed by atoms with Crippen LogP contribution in [0.3, 0.4) is 0 Å². The zero-order valence-electron chi connectivity index (χ0n) is 13.8. The van der Waals surface area contributed by atoms with Crippen molar-refractivity contribution in [2.75, 3.05) is 11.9 Å². The molecule has 4 nitrogen and oxygen atoms in total. The maximum absolute atomic E-state index is 12.6. The number of benzene rings is 2. The van der Waals surface area contributed by atoms with E-state index in [1.165, 1.54) is 0 Å². The van der Waals surface area contributed by atoms with Crippen LogP contribution in [-0.4, -0.2) is 17.6 Å². The van der Waals surface area contributed by atoms with Crippen LogP contribution < -0.4 is 15.4 Å². The number of hydrogen-bond acceptors (Lipinski definition) is 3. The average molecular weight is 442 g/mol. The van der Waals surface area contributed by atoms with Crippen molar-refractivity contribution in [2.24, 2.45) is 5.92 Å². The van der Waals surface area contributed by atoms with Crippen LogP contribution in [0, 0.1) is 5.92 Å². The summed E-state index contributed by atoms with van der Waals surface area (Å²) in [4.78, 5) is 12.6. The van der Waals surface area contributed by atoms with Crippen molar-refractivity contribution in [3.05, 3.63) is 57.5 Å². The standard InChI is InChI=1S/C18H18BrClN2O2S/c1-11(2)10-24-16-8-3-12(19)9-15(16)17(23)22-18(25)21-14-6-4-13(20)5-7-14/h3-9,11H,10H2,1-2H3,(H2,21,22,23,25). The summed E-state index contributed by atoms with van der Waals surface area (Å²) in [5, 5.41) is 6.43. The van der Waals surface area contributed by atoms with Crippen LogP contribution in [0.25, 0.3) is 0 Å². The highest BCUT2D eigenvalue weighted by Gasteiger charge is 2.15. The Morgan fingerprint density at radius 2 is 1.92 bits per heavy atom. The van der Waals surface area contributed by atoms with Crippen molar-refractivity contribution in [2.45, 2.75) is 13.8 Å². The van der Waals surface area contributed by atoms with Crippen LogP contribution in [0.2, 0.25) is 5.02 Å². The predicted molar refractivity (Wildman–Crippen MR) is 110 cm³/mol. The summed E-state index contributed by atoms with van der Waals surface area (Å²) in [5.41, 5.74) is 1.15. The lowest BCUT2D eigenvalue weighted by Gasteiger charge is -2.14. The van der Waals surface area contributed by atoms with Gasteiger partial charge in [0.25, 0.3) is 5.91 Å². The van der Waals surface area contributed by atoms with E-state index >= 15 is 0 Å². The van der Waals surface area contributed by atoms with Gasteiger partial charge in [-0.2, -0.15) is 0 Å². The molecule has 132 valence electrons. The number of amides is 1. The molecular weight excluding hydrogens is 424 g/mol. The predicted octanol–water partition coefficient (Wildman–Crippen LogP) is 5.26. The SMILES string of the molecule is CC(C)COc1ccc(Br)cc1C(=O)NC(=S)Nc1ccc(Cl)cc1. The first-order valence-electron chi connectivity index (χ1n) is 7.65. The van der Waals surface area contributed by atoms with Crippen molar-refractivity contribution in [3.63, 3.8) is 0 Å². The van der Waals surface area contributed by atoms with E-state index in [1.807, 2.05) is 19.9 Å². The largest absolute Gasteiger partial charge is 0.492 e. The number of ether oxygens (including phenoxy) is 1. The topological polar surface area (TPSA) is 50.4 Å². The van der Waals surface area contributed by atoms with Gasteiger partial charge in [-0.25, -0.2) is 0 Å². The molecule has 7 heteroatoms. The normalized spacial score (nSPS) is 10.4. The van der Waals surface area contributed by atoms with Crippen molar-refractivity contribution in [1.82, 2.24) is 5.32 Å². The third-order valence-corrected chi connectivity index (χ3v) is 4.04. The van der Waals surface area contributed by atoms with Gasteiger partial charge in [-0.15, -0.1) is 0 Å². The van der Waals surface area contributed by atoms with E-state index in [1.54, 1.807) is 36.4 Å². The lowest BCUT2D eigenvalue weighted by atomic mass is 10.2. The van der Waals surface area contributed by atoms with Gasteiger partial charge in [0, 0.05) is 15.2 Å². The lowest BCUT2D eigenvalue weighted by molar-refractivity contribution is 0.0973. The van der Waals surface area contributed by atoms with E-state index in [2.05, 4.69) is 26.6 Å². The zero-order chi connectivity index (χ0) is 18.4. The Kier molecular flexibility index (Phi) is 7.23. The number of thiocarbonyl (C=S) groups is 1. The second kappa shape index (κ2) is 9.17. The Labute approximate surface area is 166 Å². The molecule has 1 amide bonds. The summed E-state index contributed by atoms with van der Waals surface area (Å²) in [6.45, 7) is 4.61. The summed E-state index contributed by atoms with van der Waals surface area (Å²) < 4.78 is 6.51. The summed E-state index contributed by atoms with van der Waals surface area (Å²) in [6.07, 6.45) is 0.